The number of halogens is 2. The van der Waals surface area contributed by atoms with E-state index in [9.17, 15) is 5.26 Å². The Kier molecular flexibility index (Phi) is 11.9. The van der Waals surface area contributed by atoms with Gasteiger partial charge in [0.2, 0.25) is 0 Å². The molecule has 3 fully saturated rings. The van der Waals surface area contributed by atoms with Crippen molar-refractivity contribution in [2.45, 2.75) is 85.4 Å². The normalized spacial score (nSPS) is 20.1. The zero-order valence-corrected chi connectivity index (χ0v) is 30.1. The molecule has 0 saturated carbocycles. The molecule has 3 aliphatic heterocycles. The highest BCUT2D eigenvalue weighted by atomic mass is 35.5. The van der Waals surface area contributed by atoms with E-state index in [-0.39, 0.29) is 22.1 Å². The predicted octanol–water partition coefficient (Wildman–Crippen LogP) is 7.45. The maximum absolute atomic E-state index is 16.5. The van der Waals surface area contributed by atoms with Crippen LogP contribution >= 0.6 is 11.6 Å². The molecule has 4 aromatic rings. The van der Waals surface area contributed by atoms with Gasteiger partial charge in [0.05, 0.1) is 28.9 Å². The first-order chi connectivity index (χ1) is 22.6. The Bertz CT molecular complexity index is 1750. The van der Waals surface area contributed by atoms with Crippen molar-refractivity contribution < 1.29 is 9.13 Å². The number of ether oxygens (including phenoxy) is 1. The van der Waals surface area contributed by atoms with Gasteiger partial charge in [-0.3, -0.25) is 0 Å². The van der Waals surface area contributed by atoms with Crippen LogP contribution in [0.1, 0.15) is 71.6 Å². The monoisotopic (exact) mass is 664 g/mol. The van der Waals surface area contributed by atoms with Gasteiger partial charge < -0.3 is 30.2 Å². The number of aromatic nitrogens is 3. The number of nitriles is 1. The van der Waals surface area contributed by atoms with Crippen LogP contribution in [0.25, 0.3) is 32.9 Å². The van der Waals surface area contributed by atoms with Gasteiger partial charge >= 0.3 is 6.01 Å². The Morgan fingerprint density at radius 3 is 2.26 bits per heavy atom. The lowest BCUT2D eigenvalue weighted by molar-refractivity contribution is 0.331. The summed E-state index contributed by atoms with van der Waals surface area (Å²) >= 11 is 6.83. The number of hydrogen-bond donors (Lipinski definition) is 2. The van der Waals surface area contributed by atoms with Crippen LogP contribution in [0.2, 0.25) is 5.02 Å². The smallest absolute Gasteiger partial charge is 0.318 e. The maximum atomic E-state index is 16.5. The fourth-order valence-electron chi connectivity index (χ4n) is 6.86. The Morgan fingerprint density at radius 2 is 1.72 bits per heavy atom. The molecule has 3 atom stereocenters. The predicted molar refractivity (Wildman–Crippen MR) is 193 cm³/mol. The lowest BCUT2D eigenvalue weighted by Crippen LogP contribution is -2.51. The Morgan fingerprint density at radius 1 is 1.06 bits per heavy atom. The molecule has 0 amide bonds. The van der Waals surface area contributed by atoms with E-state index in [0.717, 1.165) is 43.2 Å². The van der Waals surface area contributed by atoms with Crippen molar-refractivity contribution in [3.8, 4) is 23.2 Å². The number of nitrogen functional groups attached to an aromatic ring is 1. The Hall–Kier alpha value is -3.65. The summed E-state index contributed by atoms with van der Waals surface area (Å²) in [5.41, 5.74) is 9.11. The minimum atomic E-state index is -0.584. The van der Waals surface area contributed by atoms with Crippen LogP contribution < -0.4 is 20.7 Å². The molecule has 0 spiro atoms. The standard InChI is InChI=1S/C26H25ClFN7O.C6H13N.2C2H6/c1-12-20(21-16(9-29)18(30)6-7-19(21)34(12)2)22-17(27)8-15-24(23(22)28)32-26(36-3)33-25(15)35-10-13-4-5-14(11-35)31-13;1-6-4-3-5-7(6)2;2*1-2/h6-8,13-14,31H,4-5,10-11,30H2,1-3H3;6H,3-5H2,1-2H3;2*1-2H3. The lowest BCUT2D eigenvalue weighted by Gasteiger charge is -2.34. The first-order valence-corrected chi connectivity index (χ1v) is 17.2. The second-order valence-corrected chi connectivity index (χ2v) is 12.5. The molecule has 47 heavy (non-hydrogen) atoms. The van der Waals surface area contributed by atoms with E-state index in [1.807, 2.05) is 52.3 Å². The molecule has 9 nitrogen and oxygen atoms in total. The van der Waals surface area contributed by atoms with E-state index in [1.165, 1.54) is 26.5 Å². The van der Waals surface area contributed by atoms with Crippen LogP contribution in [0.5, 0.6) is 6.01 Å². The minimum Gasteiger partial charge on any atom is -0.467 e. The Balaban J connectivity index is 0.000000395. The van der Waals surface area contributed by atoms with Gasteiger partial charge in [-0.2, -0.15) is 15.2 Å². The van der Waals surface area contributed by atoms with Gasteiger partial charge in [0.15, 0.2) is 5.82 Å². The van der Waals surface area contributed by atoms with E-state index in [0.29, 0.717) is 45.5 Å². The lowest BCUT2D eigenvalue weighted by atomic mass is 9.96. The van der Waals surface area contributed by atoms with E-state index < -0.39 is 5.82 Å². The van der Waals surface area contributed by atoms with Crippen molar-refractivity contribution in [1.82, 2.24) is 24.8 Å². The molecule has 11 heteroatoms. The summed E-state index contributed by atoms with van der Waals surface area (Å²) in [7, 11) is 5.53. The van der Waals surface area contributed by atoms with Crippen molar-refractivity contribution in [1.29, 1.82) is 5.26 Å². The summed E-state index contributed by atoms with van der Waals surface area (Å²) in [6.45, 7) is 15.0. The molecular formula is C36H50ClFN8O. The summed E-state index contributed by atoms with van der Waals surface area (Å²) in [6, 6.07) is 9.11. The number of methoxy groups -OCH3 is 1. The third-order valence-corrected chi connectivity index (χ3v) is 9.78. The highest BCUT2D eigenvalue weighted by Crippen LogP contribution is 2.45. The minimum absolute atomic E-state index is 0.0900. The van der Waals surface area contributed by atoms with Crippen LogP contribution in [-0.4, -0.2) is 71.4 Å². The SMILES string of the molecule is CC.CC.CC1CCCN1C.COc1nc(N2CC3CCC(C2)N3)c2cc(Cl)c(-c3c(C)n(C)c4ccc(N)c(C#N)c34)c(F)c2n1. The molecule has 2 bridgehead atoms. The van der Waals surface area contributed by atoms with Gasteiger partial charge in [-0.25, -0.2) is 4.39 Å². The highest BCUT2D eigenvalue weighted by Gasteiger charge is 2.34. The molecule has 3 N–H and O–H groups in total. The molecule has 3 unspecified atom stereocenters. The van der Waals surface area contributed by atoms with Gasteiger partial charge in [0.1, 0.15) is 17.4 Å². The summed E-state index contributed by atoms with van der Waals surface area (Å²) < 4.78 is 23.8. The van der Waals surface area contributed by atoms with Gasteiger partial charge in [0, 0.05) is 65.9 Å². The third-order valence-electron chi connectivity index (χ3n) is 9.48. The largest absolute Gasteiger partial charge is 0.467 e. The van der Waals surface area contributed by atoms with Crippen molar-refractivity contribution in [3.63, 3.8) is 0 Å². The average molecular weight is 665 g/mol. The third kappa shape index (κ3) is 6.85. The molecule has 2 aromatic carbocycles. The number of benzene rings is 2. The fourth-order valence-corrected chi connectivity index (χ4v) is 7.15. The molecule has 0 aliphatic carbocycles. The Labute approximate surface area is 283 Å². The van der Waals surface area contributed by atoms with Crippen molar-refractivity contribution in [2.24, 2.45) is 7.05 Å². The zero-order chi connectivity index (χ0) is 34.6. The summed E-state index contributed by atoms with van der Waals surface area (Å²) in [5, 5.41) is 14.8. The van der Waals surface area contributed by atoms with Crippen LogP contribution in [0.3, 0.4) is 0 Å². The van der Waals surface area contributed by atoms with E-state index in [4.69, 9.17) is 22.1 Å². The number of likely N-dealkylation sites (tertiary alicyclic amines) is 1. The summed E-state index contributed by atoms with van der Waals surface area (Å²) in [6.07, 6.45) is 5.00. The van der Waals surface area contributed by atoms with Gasteiger partial charge in [-0.05, 0) is 71.3 Å². The van der Waals surface area contributed by atoms with Crippen LogP contribution in [0, 0.1) is 24.1 Å². The molecule has 254 valence electrons. The van der Waals surface area contributed by atoms with E-state index in [2.05, 4.69) is 45.1 Å². The van der Waals surface area contributed by atoms with Crippen LogP contribution in [0.15, 0.2) is 18.2 Å². The molecule has 3 aliphatic rings. The van der Waals surface area contributed by atoms with Crippen molar-refractivity contribution in [2.75, 3.05) is 44.4 Å². The number of anilines is 2. The van der Waals surface area contributed by atoms with E-state index >= 15 is 4.39 Å². The number of rotatable bonds is 3. The number of piperazine rings is 1. The number of fused-ring (bicyclic) bond motifs is 4. The first-order valence-electron chi connectivity index (χ1n) is 16.9. The second kappa shape index (κ2) is 15.5. The first kappa shape index (κ1) is 36.2. The van der Waals surface area contributed by atoms with Crippen molar-refractivity contribution >= 4 is 44.9 Å². The highest BCUT2D eigenvalue weighted by molar-refractivity contribution is 6.35. The molecular weight excluding hydrogens is 615 g/mol. The quantitative estimate of drug-likeness (QED) is 0.218. The van der Waals surface area contributed by atoms with Gasteiger partial charge in [-0.15, -0.1) is 0 Å². The summed E-state index contributed by atoms with van der Waals surface area (Å²) in [4.78, 5) is 13.6. The molecule has 2 aromatic heterocycles. The molecule has 3 saturated heterocycles. The van der Waals surface area contributed by atoms with E-state index in [1.54, 1.807) is 12.1 Å². The molecule has 5 heterocycles. The average Bonchev–Trinajstić information content (AvgIpc) is 3.72. The number of hydrogen-bond acceptors (Lipinski definition) is 8. The fraction of sp³-hybridized carbons (Fsp3) is 0.528. The molecule has 0 radical (unpaired) electrons. The second-order valence-electron chi connectivity index (χ2n) is 12.0. The number of nitrogens with one attached hydrogen (secondary N) is 1. The maximum Gasteiger partial charge on any atom is 0.318 e. The topological polar surface area (TPSA) is 108 Å². The number of nitrogens with zero attached hydrogens (tertiary/aromatic N) is 6. The summed E-state index contributed by atoms with van der Waals surface area (Å²) in [5.74, 6) is 0.0265. The van der Waals surface area contributed by atoms with Crippen LogP contribution in [0.4, 0.5) is 15.9 Å². The van der Waals surface area contributed by atoms with Crippen LogP contribution in [-0.2, 0) is 7.05 Å². The van der Waals surface area contributed by atoms with Gasteiger partial charge in [-0.1, -0.05) is 39.3 Å². The van der Waals surface area contributed by atoms with Gasteiger partial charge in [0.25, 0.3) is 0 Å². The number of aryl methyl sites for hydroxylation is 1. The zero-order valence-electron chi connectivity index (χ0n) is 29.3. The number of nitrogens with two attached hydrogens (primary N) is 1. The molecule has 7 rings (SSSR count). The van der Waals surface area contributed by atoms with Crippen molar-refractivity contribution in [3.05, 3.63) is 40.3 Å².